The molecule has 4 rings (SSSR count). The van der Waals surface area contributed by atoms with E-state index in [-0.39, 0.29) is 23.0 Å². The normalized spacial score (nSPS) is 14.5. The van der Waals surface area contributed by atoms with E-state index in [4.69, 9.17) is 9.90 Å². The van der Waals surface area contributed by atoms with Crippen LogP contribution in [-0.2, 0) is 27.9 Å². The molecular formula is C24H26F3N5O5S. The number of rotatable bonds is 6. The zero-order valence-corrected chi connectivity index (χ0v) is 21.3. The summed E-state index contributed by atoms with van der Waals surface area (Å²) in [5.74, 6) is -2.75. The van der Waals surface area contributed by atoms with Crippen molar-refractivity contribution >= 4 is 21.9 Å². The molecule has 3 heterocycles. The van der Waals surface area contributed by atoms with Crippen LogP contribution in [0.2, 0.25) is 0 Å². The Balaban J connectivity index is 0.000000505. The molecule has 0 radical (unpaired) electrons. The van der Waals surface area contributed by atoms with Crippen molar-refractivity contribution in [2.75, 3.05) is 6.54 Å². The number of imidazole rings is 1. The number of aromatic nitrogens is 3. The number of nitrogens with one attached hydrogen (secondary N) is 1. The van der Waals surface area contributed by atoms with Crippen LogP contribution in [0.1, 0.15) is 42.0 Å². The summed E-state index contributed by atoms with van der Waals surface area (Å²) in [7, 11) is -3.70. The fourth-order valence-corrected chi connectivity index (χ4v) is 5.15. The summed E-state index contributed by atoms with van der Waals surface area (Å²) in [5, 5.41) is 10.00. The summed E-state index contributed by atoms with van der Waals surface area (Å²) in [6.45, 7) is 4.90. The summed E-state index contributed by atoms with van der Waals surface area (Å²) in [6, 6.07) is 10.5. The molecule has 2 aromatic heterocycles. The van der Waals surface area contributed by atoms with Gasteiger partial charge in [-0.2, -0.15) is 17.5 Å². The van der Waals surface area contributed by atoms with E-state index in [9.17, 15) is 26.4 Å². The van der Waals surface area contributed by atoms with E-state index in [0.717, 1.165) is 12.0 Å². The van der Waals surface area contributed by atoms with Gasteiger partial charge in [0, 0.05) is 25.5 Å². The van der Waals surface area contributed by atoms with Crippen molar-refractivity contribution in [2.24, 2.45) is 5.92 Å². The van der Waals surface area contributed by atoms with Crippen molar-refractivity contribution in [1.82, 2.24) is 24.2 Å². The van der Waals surface area contributed by atoms with Crippen LogP contribution >= 0.6 is 0 Å². The zero-order chi connectivity index (χ0) is 28.1. The summed E-state index contributed by atoms with van der Waals surface area (Å²) in [5.41, 5.74) is 2.21. The highest BCUT2D eigenvalue weighted by Gasteiger charge is 2.38. The topological polar surface area (TPSA) is 134 Å². The van der Waals surface area contributed by atoms with Gasteiger partial charge in [0.25, 0.3) is 5.91 Å². The van der Waals surface area contributed by atoms with Crippen LogP contribution in [-0.4, -0.2) is 57.0 Å². The minimum absolute atomic E-state index is 0.0851. The molecule has 0 unspecified atom stereocenters. The molecule has 0 saturated carbocycles. The van der Waals surface area contributed by atoms with Gasteiger partial charge in [0.1, 0.15) is 11.2 Å². The Labute approximate surface area is 217 Å². The maximum atomic E-state index is 13.4. The van der Waals surface area contributed by atoms with Gasteiger partial charge in [0.05, 0.1) is 17.9 Å². The summed E-state index contributed by atoms with van der Waals surface area (Å²) < 4.78 is 61.7. The maximum absolute atomic E-state index is 13.4. The Bertz CT molecular complexity index is 1390. The van der Waals surface area contributed by atoms with E-state index in [1.54, 1.807) is 41.2 Å². The Morgan fingerprint density at radius 3 is 2.37 bits per heavy atom. The molecule has 1 amide bonds. The number of carboxylic acids is 1. The lowest BCUT2D eigenvalue weighted by Crippen LogP contribution is -2.32. The number of halogens is 3. The second-order valence-electron chi connectivity index (χ2n) is 8.74. The molecule has 0 fully saturated rings. The number of hydrogen-bond acceptors (Lipinski definition) is 6. The fourth-order valence-electron chi connectivity index (χ4n) is 3.56. The minimum atomic E-state index is -5.08. The smallest absolute Gasteiger partial charge is 0.475 e. The third-order valence-corrected chi connectivity index (χ3v) is 7.44. The van der Waals surface area contributed by atoms with Gasteiger partial charge in [-0.05, 0) is 42.2 Å². The molecule has 1 aliphatic rings. The molecule has 2 N–H and O–H groups in total. The summed E-state index contributed by atoms with van der Waals surface area (Å²) in [6.07, 6.45) is 0.493. The number of amides is 1. The van der Waals surface area contributed by atoms with Crippen molar-refractivity contribution in [2.45, 2.75) is 44.4 Å². The number of para-hydroxylation sites is 1. The highest BCUT2D eigenvalue weighted by atomic mass is 32.2. The largest absolute Gasteiger partial charge is 0.490 e. The van der Waals surface area contributed by atoms with Gasteiger partial charge in [-0.3, -0.25) is 14.3 Å². The first-order valence-corrected chi connectivity index (χ1v) is 12.9. The predicted molar refractivity (Wildman–Crippen MR) is 130 cm³/mol. The first-order valence-electron chi connectivity index (χ1n) is 11.4. The Hall–Kier alpha value is -3.78. The van der Waals surface area contributed by atoms with Crippen molar-refractivity contribution in [1.29, 1.82) is 0 Å². The lowest BCUT2D eigenvalue weighted by Gasteiger charge is -2.21. The summed E-state index contributed by atoms with van der Waals surface area (Å²) >= 11 is 0. The highest BCUT2D eigenvalue weighted by molar-refractivity contribution is 7.89. The van der Waals surface area contributed by atoms with Crippen LogP contribution < -0.4 is 5.32 Å². The molecule has 0 saturated heterocycles. The average Bonchev–Trinajstić information content (AvgIpc) is 3.25. The second-order valence-corrected chi connectivity index (χ2v) is 10.6. The number of benzene rings is 1. The van der Waals surface area contributed by atoms with E-state index in [1.165, 1.54) is 10.6 Å². The van der Waals surface area contributed by atoms with Crippen LogP contribution in [0.15, 0.2) is 60.0 Å². The van der Waals surface area contributed by atoms with E-state index in [2.05, 4.69) is 29.1 Å². The van der Waals surface area contributed by atoms with Crippen LogP contribution in [0, 0.1) is 5.92 Å². The van der Waals surface area contributed by atoms with Gasteiger partial charge in [0.2, 0.25) is 10.0 Å². The Morgan fingerprint density at radius 2 is 1.76 bits per heavy atom. The zero-order valence-electron chi connectivity index (χ0n) is 20.5. The van der Waals surface area contributed by atoms with E-state index in [1.807, 2.05) is 12.1 Å². The Morgan fingerprint density at radius 1 is 1.13 bits per heavy atom. The van der Waals surface area contributed by atoms with Crippen molar-refractivity contribution < 1.29 is 36.3 Å². The molecule has 1 aromatic carbocycles. The van der Waals surface area contributed by atoms with Gasteiger partial charge in [-0.25, -0.2) is 18.2 Å². The lowest BCUT2D eigenvalue weighted by molar-refractivity contribution is -0.192. The lowest BCUT2D eigenvalue weighted by atomic mass is 10.1. The number of carbonyl (C=O) groups excluding carboxylic acids is 1. The second kappa shape index (κ2) is 11.7. The molecule has 0 aliphatic carbocycles. The SMILES string of the molecule is CC(C)CCN1Cc2c(C(=O)NCc3ccncc3)ncn2-c2ccccc2S1(=O)=O.O=C(O)C(F)(F)F. The predicted octanol–water partition coefficient (Wildman–Crippen LogP) is 3.38. The van der Waals surface area contributed by atoms with E-state index >= 15 is 0 Å². The number of nitrogens with zero attached hydrogens (tertiary/aromatic N) is 4. The average molecular weight is 554 g/mol. The number of fused-ring (bicyclic) bond motifs is 3. The van der Waals surface area contributed by atoms with Crippen molar-refractivity contribution in [3.05, 3.63) is 72.1 Å². The van der Waals surface area contributed by atoms with Gasteiger partial charge >= 0.3 is 12.1 Å². The number of carbonyl (C=O) groups is 2. The van der Waals surface area contributed by atoms with Gasteiger partial charge in [-0.15, -0.1) is 0 Å². The van der Waals surface area contributed by atoms with Gasteiger partial charge < -0.3 is 10.4 Å². The number of carboxylic acid groups (broad SMARTS) is 1. The molecule has 3 aromatic rings. The molecule has 10 nitrogen and oxygen atoms in total. The molecule has 0 spiro atoms. The monoisotopic (exact) mass is 553 g/mol. The van der Waals surface area contributed by atoms with Gasteiger partial charge in [-0.1, -0.05) is 26.0 Å². The summed E-state index contributed by atoms with van der Waals surface area (Å²) in [4.78, 5) is 30.4. The van der Waals surface area contributed by atoms with Crippen LogP contribution in [0.3, 0.4) is 0 Å². The van der Waals surface area contributed by atoms with Crippen molar-refractivity contribution in [3.8, 4) is 5.69 Å². The molecule has 0 bridgehead atoms. The standard InChI is InChI=1S/C22H25N5O3S.C2HF3O2/c1-16(2)9-12-26-14-19-21(22(28)24-13-17-7-10-23-11-8-17)25-15-27(19)18-5-3-4-6-20(18)31(26,29)30;3-2(4,5)1(6)7/h3-8,10-11,15-16H,9,12-14H2,1-2H3,(H,24,28);(H,6,7). The molecule has 0 atom stereocenters. The van der Waals surface area contributed by atoms with Crippen LogP contribution in [0.4, 0.5) is 13.2 Å². The Kier molecular flexibility index (Phi) is 8.89. The highest BCUT2D eigenvalue weighted by Crippen LogP contribution is 2.31. The molecular weight excluding hydrogens is 527 g/mol. The quantitative estimate of drug-likeness (QED) is 0.478. The third kappa shape index (κ3) is 6.75. The molecule has 1 aliphatic heterocycles. The number of aliphatic carboxylic acids is 1. The number of pyridine rings is 1. The van der Waals surface area contributed by atoms with Crippen molar-refractivity contribution in [3.63, 3.8) is 0 Å². The number of hydrogen-bond donors (Lipinski definition) is 2. The van der Waals surface area contributed by atoms with Crippen LogP contribution in [0.25, 0.3) is 5.69 Å². The van der Waals surface area contributed by atoms with Gasteiger partial charge in [0.15, 0.2) is 5.69 Å². The number of sulfonamides is 1. The van der Waals surface area contributed by atoms with E-state index < -0.39 is 22.2 Å². The minimum Gasteiger partial charge on any atom is -0.475 e. The molecule has 204 valence electrons. The van der Waals surface area contributed by atoms with Crippen LogP contribution in [0.5, 0.6) is 0 Å². The third-order valence-electron chi connectivity index (χ3n) is 5.55. The van der Waals surface area contributed by atoms with E-state index in [0.29, 0.717) is 30.4 Å². The first kappa shape index (κ1) is 28.8. The molecule has 38 heavy (non-hydrogen) atoms. The molecule has 14 heteroatoms. The fraction of sp³-hybridized carbons (Fsp3) is 0.333. The first-order chi connectivity index (χ1) is 17.8. The number of alkyl halides is 3. The maximum Gasteiger partial charge on any atom is 0.490 e.